The zero-order valence-electron chi connectivity index (χ0n) is 20.9. The van der Waals surface area contributed by atoms with Crippen molar-refractivity contribution in [3.8, 4) is 0 Å². The maximum Gasteiger partial charge on any atom is 0.251 e. The van der Waals surface area contributed by atoms with Crippen molar-refractivity contribution < 1.29 is 22.8 Å². The molecular weight excluding hydrogens is 480 g/mol. The molecular formula is C26H35N4O5S. The van der Waals surface area contributed by atoms with E-state index in [1.807, 2.05) is 26.0 Å². The van der Waals surface area contributed by atoms with Gasteiger partial charge in [0.05, 0.1) is 4.90 Å². The Morgan fingerprint density at radius 2 is 1.53 bits per heavy atom. The van der Waals surface area contributed by atoms with Crippen LogP contribution in [0.5, 0.6) is 0 Å². The molecule has 195 valence electrons. The van der Waals surface area contributed by atoms with E-state index in [4.69, 9.17) is 5.14 Å². The zero-order valence-corrected chi connectivity index (χ0v) is 21.7. The summed E-state index contributed by atoms with van der Waals surface area (Å²) < 4.78 is 22.8. The predicted molar refractivity (Wildman–Crippen MR) is 138 cm³/mol. The van der Waals surface area contributed by atoms with Gasteiger partial charge in [-0.05, 0) is 67.1 Å². The first-order valence-corrected chi connectivity index (χ1v) is 13.5. The molecule has 9 nitrogen and oxygen atoms in total. The van der Waals surface area contributed by atoms with E-state index in [1.165, 1.54) is 24.3 Å². The minimum Gasteiger partial charge on any atom is -0.349 e. The van der Waals surface area contributed by atoms with Crippen LogP contribution < -0.4 is 21.1 Å². The fourth-order valence-electron chi connectivity index (χ4n) is 3.24. The molecule has 0 saturated carbocycles. The first-order valence-electron chi connectivity index (χ1n) is 11.9. The van der Waals surface area contributed by atoms with E-state index in [1.54, 1.807) is 18.7 Å². The summed E-state index contributed by atoms with van der Waals surface area (Å²) in [5.41, 5.74) is 1.72. The molecule has 1 radical (unpaired) electrons. The van der Waals surface area contributed by atoms with Gasteiger partial charge in [0, 0.05) is 24.2 Å². The van der Waals surface area contributed by atoms with Crippen LogP contribution in [0.3, 0.4) is 0 Å². The lowest BCUT2D eigenvalue weighted by Gasteiger charge is -2.19. The number of nitrogens with two attached hydrogens (primary N) is 1. The third-order valence-corrected chi connectivity index (χ3v) is 6.33. The Morgan fingerprint density at radius 3 is 2.08 bits per heavy atom. The molecule has 0 aliphatic carbocycles. The van der Waals surface area contributed by atoms with Crippen LogP contribution in [-0.4, -0.2) is 38.7 Å². The number of benzene rings is 2. The van der Waals surface area contributed by atoms with Crippen molar-refractivity contribution >= 4 is 27.7 Å². The van der Waals surface area contributed by atoms with Crippen molar-refractivity contribution in [1.29, 1.82) is 0 Å². The van der Waals surface area contributed by atoms with Crippen LogP contribution in [0.4, 0.5) is 0 Å². The Hall–Kier alpha value is -3.24. The standard InChI is InChI=1S/C26H35N4O5S/c1-4-5-6-19-7-9-21(10-8-19)25(32)30-23(26(33)28-16-15-18(2)3)17-29-24(31)20-11-13-22(14-12-20)36(27,34)35/h7-14,16,18,23H,4-6,15,17H2,1-3H3,(H,28,33)(H,29,31)(H,30,32)(H2,27,34,35)/t23-/m0/s1. The van der Waals surface area contributed by atoms with Gasteiger partial charge in [-0.3, -0.25) is 14.4 Å². The van der Waals surface area contributed by atoms with E-state index < -0.39 is 33.8 Å². The Balaban J connectivity index is 2.08. The summed E-state index contributed by atoms with van der Waals surface area (Å²) in [5.74, 6) is -1.10. The number of amides is 3. The van der Waals surface area contributed by atoms with Gasteiger partial charge >= 0.3 is 0 Å². The summed E-state index contributed by atoms with van der Waals surface area (Å²) in [7, 11) is -3.88. The van der Waals surface area contributed by atoms with Crippen LogP contribution in [0.25, 0.3) is 0 Å². The first-order chi connectivity index (χ1) is 17.0. The highest BCUT2D eigenvalue weighted by Gasteiger charge is 2.23. The minimum absolute atomic E-state index is 0.120. The fraction of sp³-hybridized carbons (Fsp3) is 0.385. The highest BCUT2D eigenvalue weighted by atomic mass is 32.2. The Labute approximate surface area is 213 Å². The van der Waals surface area contributed by atoms with Gasteiger partial charge in [0.25, 0.3) is 11.8 Å². The number of carbonyl (C=O) groups excluding carboxylic acids is 3. The van der Waals surface area contributed by atoms with Crippen molar-refractivity contribution in [2.75, 3.05) is 6.54 Å². The summed E-state index contributed by atoms with van der Waals surface area (Å²) >= 11 is 0. The summed E-state index contributed by atoms with van der Waals surface area (Å²) in [5, 5.41) is 13.1. The highest BCUT2D eigenvalue weighted by Crippen LogP contribution is 2.10. The molecule has 0 aromatic heterocycles. The monoisotopic (exact) mass is 515 g/mol. The lowest BCUT2D eigenvalue weighted by atomic mass is 10.1. The van der Waals surface area contributed by atoms with E-state index in [9.17, 15) is 22.8 Å². The van der Waals surface area contributed by atoms with Crippen LogP contribution in [0.15, 0.2) is 53.4 Å². The van der Waals surface area contributed by atoms with Gasteiger partial charge in [0.15, 0.2) is 0 Å². The maximum atomic E-state index is 12.8. The van der Waals surface area contributed by atoms with Crippen molar-refractivity contribution in [1.82, 2.24) is 16.0 Å². The second kappa shape index (κ2) is 13.7. The van der Waals surface area contributed by atoms with Crippen LogP contribution in [0.2, 0.25) is 0 Å². The van der Waals surface area contributed by atoms with E-state index >= 15 is 0 Å². The van der Waals surface area contributed by atoms with Gasteiger partial charge in [-0.1, -0.05) is 39.3 Å². The van der Waals surface area contributed by atoms with Gasteiger partial charge in [0.1, 0.15) is 6.04 Å². The Bertz CT molecular complexity index is 1130. The van der Waals surface area contributed by atoms with Gasteiger partial charge in [-0.25, -0.2) is 13.6 Å². The lowest BCUT2D eigenvalue weighted by Crippen LogP contribution is -2.52. The third-order valence-electron chi connectivity index (χ3n) is 5.40. The van der Waals surface area contributed by atoms with Gasteiger partial charge in [-0.2, -0.15) is 0 Å². The molecule has 0 spiro atoms. The molecule has 1 atom stereocenters. The van der Waals surface area contributed by atoms with Gasteiger partial charge < -0.3 is 16.0 Å². The number of carbonyl (C=O) groups is 3. The maximum absolute atomic E-state index is 12.8. The van der Waals surface area contributed by atoms with E-state index in [0.717, 1.165) is 24.8 Å². The second-order valence-electron chi connectivity index (χ2n) is 8.95. The zero-order chi connectivity index (χ0) is 26.7. The second-order valence-corrected chi connectivity index (χ2v) is 10.5. The number of hydrogen-bond donors (Lipinski definition) is 4. The van der Waals surface area contributed by atoms with Crippen LogP contribution in [0.1, 0.15) is 66.3 Å². The molecule has 0 aliphatic rings. The molecule has 2 aromatic rings. The molecule has 0 bridgehead atoms. The van der Waals surface area contributed by atoms with Gasteiger partial charge in [-0.15, -0.1) is 0 Å². The lowest BCUT2D eigenvalue weighted by molar-refractivity contribution is -0.122. The Kier molecular flexibility index (Phi) is 11.1. The number of rotatable bonds is 13. The molecule has 10 heteroatoms. The number of sulfonamides is 1. The summed E-state index contributed by atoms with van der Waals surface area (Å²) in [6.07, 6.45) is 3.72. The molecule has 36 heavy (non-hydrogen) atoms. The van der Waals surface area contributed by atoms with Crippen molar-refractivity contribution in [2.45, 2.75) is 57.4 Å². The number of nitrogens with one attached hydrogen (secondary N) is 3. The fourth-order valence-corrected chi connectivity index (χ4v) is 3.76. The highest BCUT2D eigenvalue weighted by molar-refractivity contribution is 7.89. The van der Waals surface area contributed by atoms with Crippen LogP contribution >= 0.6 is 0 Å². The number of unbranched alkanes of at least 4 members (excludes halogenated alkanes) is 1. The summed E-state index contributed by atoms with van der Waals surface area (Å²) in [6.45, 7) is 7.59. The molecule has 0 aliphatic heterocycles. The van der Waals surface area contributed by atoms with Crippen LogP contribution in [-0.2, 0) is 21.2 Å². The number of hydrogen-bond acceptors (Lipinski definition) is 5. The van der Waals surface area contributed by atoms with Gasteiger partial charge in [0.2, 0.25) is 15.9 Å². The van der Waals surface area contributed by atoms with Crippen LogP contribution in [0, 0.1) is 12.5 Å². The SMILES string of the molecule is CCCCc1ccc(C(=O)N[C@@H](CNC(=O)c2ccc(S(N)(=O)=O)cc2)C(=O)N[CH]CC(C)C)cc1. The Morgan fingerprint density at radius 1 is 0.944 bits per heavy atom. The molecule has 2 aromatic carbocycles. The molecule has 0 fully saturated rings. The molecule has 5 N–H and O–H groups in total. The first kappa shape index (κ1) is 29.0. The third kappa shape index (κ3) is 9.43. The number of primary sulfonamides is 1. The van der Waals surface area contributed by atoms with Crippen molar-refractivity contribution in [3.05, 3.63) is 71.8 Å². The molecule has 3 amide bonds. The van der Waals surface area contributed by atoms with E-state index in [-0.39, 0.29) is 17.0 Å². The smallest absolute Gasteiger partial charge is 0.251 e. The van der Waals surface area contributed by atoms with Crippen molar-refractivity contribution in [3.63, 3.8) is 0 Å². The average molecular weight is 516 g/mol. The van der Waals surface area contributed by atoms with E-state index in [0.29, 0.717) is 17.9 Å². The number of aryl methyl sites for hydroxylation is 1. The molecule has 0 unspecified atom stereocenters. The molecule has 0 heterocycles. The predicted octanol–water partition coefficient (Wildman–Crippen LogP) is 2.53. The quantitative estimate of drug-likeness (QED) is 0.324. The molecule has 0 saturated heterocycles. The largest absolute Gasteiger partial charge is 0.349 e. The van der Waals surface area contributed by atoms with Crippen molar-refractivity contribution in [2.24, 2.45) is 11.1 Å². The summed E-state index contributed by atoms with van der Waals surface area (Å²) in [4.78, 5) is 38.1. The minimum atomic E-state index is -3.88. The average Bonchev–Trinajstić information content (AvgIpc) is 2.84. The molecule has 2 rings (SSSR count). The van der Waals surface area contributed by atoms with E-state index in [2.05, 4.69) is 22.9 Å². The normalized spacial score (nSPS) is 12.1. The summed E-state index contributed by atoms with van der Waals surface area (Å²) in [6, 6.07) is 11.3. The topological polar surface area (TPSA) is 147 Å².